The van der Waals surface area contributed by atoms with Crippen molar-refractivity contribution in [2.45, 2.75) is 49.1 Å². The third-order valence-electron chi connectivity index (χ3n) is 5.31. The molecule has 2 aromatic carbocycles. The molecule has 4 rings (SSSR count). The first kappa shape index (κ1) is 21.2. The van der Waals surface area contributed by atoms with E-state index < -0.39 is 5.25 Å². The smallest absolute Gasteiger partial charge is 0.262 e. The van der Waals surface area contributed by atoms with E-state index in [2.05, 4.69) is 5.32 Å². The van der Waals surface area contributed by atoms with E-state index in [-0.39, 0.29) is 17.5 Å². The highest BCUT2D eigenvalue weighted by Crippen LogP contribution is 2.34. The molecule has 1 unspecified atom stereocenters. The number of thioether (sulfide) groups is 1. The number of rotatable bonds is 5. The molecule has 0 radical (unpaired) electrons. The maximum absolute atomic E-state index is 13.2. The molecule has 1 saturated carbocycles. The number of nitrogens with zero attached hydrogens (tertiary/aromatic N) is 2. The van der Waals surface area contributed by atoms with Crippen LogP contribution in [0.1, 0.15) is 38.6 Å². The number of carbonyl (C=O) groups is 1. The van der Waals surface area contributed by atoms with Gasteiger partial charge in [0.15, 0.2) is 5.16 Å². The van der Waals surface area contributed by atoms with Gasteiger partial charge in [0, 0.05) is 11.1 Å². The molecule has 5 nitrogen and oxygen atoms in total. The summed E-state index contributed by atoms with van der Waals surface area (Å²) in [6.45, 7) is 1.80. The van der Waals surface area contributed by atoms with E-state index in [0.29, 0.717) is 31.8 Å². The number of nitrogens with one attached hydrogen (secondary N) is 1. The number of aromatic nitrogens is 2. The van der Waals surface area contributed by atoms with Crippen LogP contribution in [-0.2, 0) is 4.79 Å². The second-order valence-corrected chi connectivity index (χ2v) is 9.55. The average molecular weight is 462 g/mol. The molecule has 0 bridgehead atoms. The van der Waals surface area contributed by atoms with E-state index >= 15 is 0 Å². The molecule has 1 aliphatic carbocycles. The maximum Gasteiger partial charge on any atom is 0.262 e. The zero-order valence-corrected chi connectivity index (χ0v) is 18.7. The van der Waals surface area contributed by atoms with Crippen molar-refractivity contribution in [1.82, 2.24) is 9.55 Å². The molecule has 8 heteroatoms. The third kappa shape index (κ3) is 4.36. The SMILES string of the molecule is CC(Sc1nc2ccccc2c(=O)n1C1CCCC1)C(=O)Nc1ccc(Cl)cc1Cl. The lowest BCUT2D eigenvalue weighted by Crippen LogP contribution is -2.29. The highest BCUT2D eigenvalue weighted by molar-refractivity contribution is 8.00. The van der Waals surface area contributed by atoms with Crippen LogP contribution < -0.4 is 10.9 Å². The van der Waals surface area contributed by atoms with Crippen molar-refractivity contribution in [2.24, 2.45) is 0 Å². The Labute approximate surface area is 188 Å². The summed E-state index contributed by atoms with van der Waals surface area (Å²) in [7, 11) is 0. The largest absolute Gasteiger partial charge is 0.324 e. The van der Waals surface area contributed by atoms with Gasteiger partial charge in [-0.15, -0.1) is 0 Å². The van der Waals surface area contributed by atoms with E-state index in [1.54, 1.807) is 29.7 Å². The maximum atomic E-state index is 13.2. The molecule has 30 heavy (non-hydrogen) atoms. The second-order valence-electron chi connectivity index (χ2n) is 7.40. The molecule has 1 fully saturated rings. The summed E-state index contributed by atoms with van der Waals surface area (Å²) >= 11 is 13.4. The van der Waals surface area contributed by atoms with Crippen molar-refractivity contribution < 1.29 is 4.79 Å². The number of hydrogen-bond donors (Lipinski definition) is 1. The van der Waals surface area contributed by atoms with Crippen molar-refractivity contribution in [2.75, 3.05) is 5.32 Å². The van der Waals surface area contributed by atoms with Gasteiger partial charge in [0.25, 0.3) is 5.56 Å². The number of benzene rings is 2. The van der Waals surface area contributed by atoms with Crippen LogP contribution in [0.5, 0.6) is 0 Å². The average Bonchev–Trinajstić information content (AvgIpc) is 3.24. The Morgan fingerprint density at radius 3 is 2.67 bits per heavy atom. The molecular formula is C22H21Cl2N3O2S. The molecular weight excluding hydrogens is 441 g/mol. The lowest BCUT2D eigenvalue weighted by atomic mass is 10.2. The summed E-state index contributed by atoms with van der Waals surface area (Å²) in [5, 5.41) is 4.42. The molecule has 1 aliphatic rings. The van der Waals surface area contributed by atoms with Gasteiger partial charge in [0.05, 0.1) is 26.9 Å². The standard InChI is InChI=1S/C22H21Cl2N3O2S/c1-13(20(28)25-19-11-10-14(23)12-17(19)24)30-22-26-18-9-5-4-8-16(18)21(29)27(22)15-6-2-3-7-15/h4-5,8-13,15H,2-3,6-7H2,1H3,(H,25,28). The van der Waals surface area contributed by atoms with Gasteiger partial charge in [-0.1, -0.05) is 59.9 Å². The van der Waals surface area contributed by atoms with Crippen molar-refractivity contribution in [3.8, 4) is 0 Å². The number of fused-ring (bicyclic) bond motifs is 1. The van der Waals surface area contributed by atoms with Crippen LogP contribution >= 0.6 is 35.0 Å². The monoisotopic (exact) mass is 461 g/mol. The van der Waals surface area contributed by atoms with Gasteiger partial charge in [0.2, 0.25) is 5.91 Å². The Morgan fingerprint density at radius 1 is 1.20 bits per heavy atom. The number of carbonyl (C=O) groups excluding carboxylic acids is 1. The normalized spacial score (nSPS) is 15.4. The molecule has 1 N–H and O–H groups in total. The van der Waals surface area contributed by atoms with Crippen LogP contribution in [0.4, 0.5) is 5.69 Å². The Morgan fingerprint density at radius 2 is 1.93 bits per heavy atom. The molecule has 1 amide bonds. The van der Waals surface area contributed by atoms with Crippen LogP contribution in [0.3, 0.4) is 0 Å². The molecule has 1 aromatic heterocycles. The first-order chi connectivity index (χ1) is 14.4. The van der Waals surface area contributed by atoms with Crippen molar-refractivity contribution in [1.29, 1.82) is 0 Å². The predicted octanol–water partition coefficient (Wildman–Crippen LogP) is 5.94. The van der Waals surface area contributed by atoms with E-state index in [0.717, 1.165) is 25.7 Å². The van der Waals surface area contributed by atoms with E-state index in [4.69, 9.17) is 28.2 Å². The summed E-state index contributed by atoms with van der Waals surface area (Å²) in [6, 6.07) is 12.4. The van der Waals surface area contributed by atoms with E-state index in [1.165, 1.54) is 11.8 Å². The summed E-state index contributed by atoms with van der Waals surface area (Å²) in [5.74, 6) is -0.218. The Kier molecular flexibility index (Phi) is 6.37. The molecule has 3 aromatic rings. The summed E-state index contributed by atoms with van der Waals surface area (Å²) < 4.78 is 1.79. The first-order valence-corrected chi connectivity index (χ1v) is 11.5. The zero-order valence-electron chi connectivity index (χ0n) is 16.4. The number of halogens is 2. The highest BCUT2D eigenvalue weighted by Gasteiger charge is 2.25. The van der Waals surface area contributed by atoms with Crippen molar-refractivity contribution in [3.63, 3.8) is 0 Å². The minimum atomic E-state index is -0.475. The van der Waals surface area contributed by atoms with Crippen molar-refractivity contribution >= 4 is 57.5 Å². The van der Waals surface area contributed by atoms with Gasteiger partial charge in [-0.3, -0.25) is 14.2 Å². The van der Waals surface area contributed by atoms with Gasteiger partial charge < -0.3 is 5.32 Å². The number of anilines is 1. The quantitative estimate of drug-likeness (QED) is 0.377. The van der Waals surface area contributed by atoms with Gasteiger partial charge in [0.1, 0.15) is 0 Å². The lowest BCUT2D eigenvalue weighted by Gasteiger charge is -2.20. The fourth-order valence-electron chi connectivity index (χ4n) is 3.73. The predicted molar refractivity (Wildman–Crippen MR) is 124 cm³/mol. The Balaban J connectivity index is 1.64. The fraction of sp³-hybridized carbons (Fsp3) is 0.318. The number of amides is 1. The van der Waals surface area contributed by atoms with Crippen LogP contribution in [0.25, 0.3) is 10.9 Å². The van der Waals surface area contributed by atoms with Crippen LogP contribution in [0, 0.1) is 0 Å². The molecule has 1 atom stereocenters. The fourth-order valence-corrected chi connectivity index (χ4v) is 5.16. The molecule has 0 aliphatic heterocycles. The topological polar surface area (TPSA) is 64.0 Å². The van der Waals surface area contributed by atoms with Crippen molar-refractivity contribution in [3.05, 3.63) is 62.9 Å². The third-order valence-corrected chi connectivity index (χ3v) is 6.92. The highest BCUT2D eigenvalue weighted by atomic mass is 35.5. The van der Waals surface area contributed by atoms with Crippen LogP contribution in [-0.4, -0.2) is 20.7 Å². The molecule has 0 spiro atoms. The minimum absolute atomic E-state index is 0.0386. The Hall–Kier alpha value is -2.02. The zero-order chi connectivity index (χ0) is 21.3. The second kappa shape index (κ2) is 9.00. The molecule has 0 saturated heterocycles. The van der Waals surface area contributed by atoms with E-state index in [9.17, 15) is 9.59 Å². The van der Waals surface area contributed by atoms with Gasteiger partial charge in [-0.05, 0) is 50.1 Å². The summed E-state index contributed by atoms with van der Waals surface area (Å²) in [5.41, 5.74) is 1.11. The van der Waals surface area contributed by atoms with Crippen LogP contribution in [0.15, 0.2) is 52.4 Å². The van der Waals surface area contributed by atoms with E-state index in [1.807, 2.05) is 24.3 Å². The lowest BCUT2D eigenvalue weighted by molar-refractivity contribution is -0.115. The minimum Gasteiger partial charge on any atom is -0.324 e. The van der Waals surface area contributed by atoms with Gasteiger partial charge in [-0.2, -0.15) is 0 Å². The summed E-state index contributed by atoms with van der Waals surface area (Å²) in [6.07, 6.45) is 4.10. The van der Waals surface area contributed by atoms with Gasteiger partial charge in [-0.25, -0.2) is 4.98 Å². The summed E-state index contributed by atoms with van der Waals surface area (Å²) in [4.78, 5) is 30.8. The molecule has 156 valence electrons. The number of hydrogen-bond acceptors (Lipinski definition) is 4. The van der Waals surface area contributed by atoms with Gasteiger partial charge >= 0.3 is 0 Å². The number of para-hydroxylation sites is 1. The van der Waals surface area contributed by atoms with Crippen LogP contribution in [0.2, 0.25) is 10.0 Å². The Bertz CT molecular complexity index is 1160. The first-order valence-electron chi connectivity index (χ1n) is 9.88. The molecule has 1 heterocycles.